The molecule has 3 rings (SSSR count). The van der Waals surface area contributed by atoms with E-state index in [0.29, 0.717) is 24.5 Å². The van der Waals surface area contributed by atoms with E-state index in [1.165, 1.54) is 17.0 Å². The van der Waals surface area contributed by atoms with Gasteiger partial charge in [0.15, 0.2) is 0 Å². The Morgan fingerprint density at radius 2 is 1.87 bits per heavy atom. The van der Waals surface area contributed by atoms with Crippen LogP contribution in [-0.2, 0) is 19.6 Å². The van der Waals surface area contributed by atoms with Crippen LogP contribution in [0.25, 0.3) is 0 Å². The van der Waals surface area contributed by atoms with Crippen LogP contribution < -0.4 is 14.9 Å². The number of sulfonamides is 1. The lowest BCUT2D eigenvalue weighted by Gasteiger charge is -2.22. The van der Waals surface area contributed by atoms with Crippen molar-refractivity contribution in [1.82, 2.24) is 4.72 Å². The van der Waals surface area contributed by atoms with Gasteiger partial charge in [0.1, 0.15) is 12.6 Å². The minimum atomic E-state index is -3.89. The molecular formula is C20H22BrN3O5S. The molecule has 2 aromatic carbocycles. The van der Waals surface area contributed by atoms with Crippen molar-refractivity contribution in [3.8, 4) is 0 Å². The number of cyclic esters (lactones) is 1. The minimum absolute atomic E-state index is 0.0682. The molecule has 1 aliphatic rings. The number of hydrogen-bond donors (Lipinski definition) is 2. The van der Waals surface area contributed by atoms with Crippen LogP contribution in [0.15, 0.2) is 57.9 Å². The summed E-state index contributed by atoms with van der Waals surface area (Å²) in [6.45, 7) is 4.25. The zero-order valence-corrected chi connectivity index (χ0v) is 18.9. The molecular weight excluding hydrogens is 474 g/mol. The zero-order chi connectivity index (χ0) is 21.9. The van der Waals surface area contributed by atoms with Crippen molar-refractivity contribution in [3.63, 3.8) is 0 Å². The molecule has 0 aliphatic carbocycles. The molecule has 0 bridgehead atoms. The summed E-state index contributed by atoms with van der Waals surface area (Å²) in [4.78, 5) is 26.2. The molecule has 0 spiro atoms. The van der Waals surface area contributed by atoms with E-state index < -0.39 is 28.1 Å². The number of benzene rings is 2. The van der Waals surface area contributed by atoms with E-state index in [1.54, 1.807) is 50.2 Å². The van der Waals surface area contributed by atoms with E-state index in [-0.39, 0.29) is 10.8 Å². The number of carbonyl (C=O) groups excluding carboxylic acids is 2. The number of rotatable bonds is 7. The van der Waals surface area contributed by atoms with Gasteiger partial charge in [0.05, 0.1) is 11.4 Å². The Morgan fingerprint density at radius 1 is 1.17 bits per heavy atom. The third-order valence-electron chi connectivity index (χ3n) is 4.54. The third kappa shape index (κ3) is 5.18. The Morgan fingerprint density at radius 3 is 2.47 bits per heavy atom. The Bertz CT molecular complexity index is 1040. The average Bonchev–Trinajstić information content (AvgIpc) is 3.12. The first-order valence-corrected chi connectivity index (χ1v) is 11.6. The molecule has 0 aromatic heterocycles. The van der Waals surface area contributed by atoms with Gasteiger partial charge in [-0.2, -0.15) is 4.72 Å². The summed E-state index contributed by atoms with van der Waals surface area (Å²) in [5, 5.41) is 2.73. The largest absolute Gasteiger partial charge is 0.447 e. The van der Waals surface area contributed by atoms with E-state index in [2.05, 4.69) is 26.0 Å². The summed E-state index contributed by atoms with van der Waals surface area (Å²) in [6.07, 6.45) is -0.444. The summed E-state index contributed by atoms with van der Waals surface area (Å²) in [5.74, 6) is -0.793. The van der Waals surface area contributed by atoms with Gasteiger partial charge in [-0.3, -0.25) is 9.69 Å². The number of anilines is 2. The smallest absolute Gasteiger partial charge is 0.414 e. The average molecular weight is 496 g/mol. The molecule has 2 N–H and O–H groups in total. The molecule has 1 atom stereocenters. The summed E-state index contributed by atoms with van der Waals surface area (Å²) in [7, 11) is -3.89. The number of amides is 2. The molecule has 2 aromatic rings. The minimum Gasteiger partial charge on any atom is -0.447 e. The predicted molar refractivity (Wildman–Crippen MR) is 117 cm³/mol. The Balaban J connectivity index is 1.76. The van der Waals surface area contributed by atoms with E-state index >= 15 is 0 Å². The van der Waals surface area contributed by atoms with Crippen LogP contribution in [0.4, 0.5) is 16.2 Å². The maximum Gasteiger partial charge on any atom is 0.414 e. The monoisotopic (exact) mass is 495 g/mol. The van der Waals surface area contributed by atoms with Crippen molar-refractivity contribution in [3.05, 3.63) is 53.0 Å². The van der Waals surface area contributed by atoms with E-state index in [1.807, 2.05) is 0 Å². The highest BCUT2D eigenvalue weighted by Gasteiger charge is 2.29. The van der Waals surface area contributed by atoms with Crippen molar-refractivity contribution in [2.45, 2.75) is 24.8 Å². The highest BCUT2D eigenvalue weighted by molar-refractivity contribution is 9.10. The second-order valence-corrected chi connectivity index (χ2v) is 9.73. The third-order valence-corrected chi connectivity index (χ3v) is 6.53. The van der Waals surface area contributed by atoms with Gasteiger partial charge < -0.3 is 10.1 Å². The van der Waals surface area contributed by atoms with Crippen molar-refractivity contribution >= 4 is 49.3 Å². The van der Waals surface area contributed by atoms with Gasteiger partial charge in [0, 0.05) is 15.8 Å². The van der Waals surface area contributed by atoms with Gasteiger partial charge in [-0.05, 0) is 48.4 Å². The maximum atomic E-state index is 12.9. The van der Waals surface area contributed by atoms with Gasteiger partial charge in [-0.15, -0.1) is 0 Å². The second kappa shape index (κ2) is 9.15. The molecule has 30 heavy (non-hydrogen) atoms. The van der Waals surface area contributed by atoms with Gasteiger partial charge in [0.2, 0.25) is 15.9 Å². The fourth-order valence-corrected chi connectivity index (χ4v) is 4.55. The van der Waals surface area contributed by atoms with Gasteiger partial charge in [0.25, 0.3) is 0 Å². The van der Waals surface area contributed by atoms with Crippen LogP contribution in [-0.4, -0.2) is 39.6 Å². The number of nitrogens with zero attached hydrogens (tertiary/aromatic N) is 1. The van der Waals surface area contributed by atoms with Crippen LogP contribution in [0.1, 0.15) is 13.8 Å². The van der Waals surface area contributed by atoms with Crippen molar-refractivity contribution in [1.29, 1.82) is 0 Å². The molecule has 0 unspecified atom stereocenters. The van der Waals surface area contributed by atoms with E-state index in [0.717, 1.165) is 4.47 Å². The molecule has 0 saturated carbocycles. The Labute approximate surface area is 183 Å². The Hall–Kier alpha value is -2.43. The molecule has 0 radical (unpaired) electrons. The van der Waals surface area contributed by atoms with E-state index in [4.69, 9.17) is 4.74 Å². The van der Waals surface area contributed by atoms with Crippen LogP contribution >= 0.6 is 15.9 Å². The topological polar surface area (TPSA) is 105 Å². The second-order valence-electron chi connectivity index (χ2n) is 7.10. The lowest BCUT2D eigenvalue weighted by molar-refractivity contribution is -0.118. The standard InChI is InChI=1S/C20H22BrN3O5S/c1-13(2)18(23-30(27,28)17-8-6-14(21)7-9-17)19(25)22-15-4-3-5-16(12-15)24-10-11-29-20(24)26/h3-9,12-13,18,23H,10-11H2,1-2H3,(H,22,25)/t18-/m0/s1. The molecule has 1 heterocycles. The fourth-order valence-electron chi connectivity index (χ4n) is 2.94. The molecule has 10 heteroatoms. The van der Waals surface area contributed by atoms with Crippen LogP contribution in [0.2, 0.25) is 0 Å². The number of ether oxygens (including phenoxy) is 1. The first-order chi connectivity index (χ1) is 14.2. The van der Waals surface area contributed by atoms with Crippen molar-refractivity contribution in [2.75, 3.05) is 23.4 Å². The molecule has 160 valence electrons. The number of carbonyl (C=O) groups is 2. The molecule has 8 nitrogen and oxygen atoms in total. The molecule has 1 fully saturated rings. The van der Waals surface area contributed by atoms with Gasteiger partial charge in [-0.25, -0.2) is 13.2 Å². The first kappa shape index (κ1) is 22.3. The highest BCUT2D eigenvalue weighted by Crippen LogP contribution is 2.23. The highest BCUT2D eigenvalue weighted by atomic mass is 79.9. The SMILES string of the molecule is CC(C)[C@H](NS(=O)(=O)c1ccc(Br)cc1)C(=O)Nc1cccc(N2CCOC2=O)c1. The molecule has 2 amide bonds. The van der Waals surface area contributed by atoms with Crippen molar-refractivity contribution < 1.29 is 22.7 Å². The van der Waals surface area contributed by atoms with Crippen LogP contribution in [0.3, 0.4) is 0 Å². The van der Waals surface area contributed by atoms with E-state index in [9.17, 15) is 18.0 Å². The summed E-state index contributed by atoms with van der Waals surface area (Å²) in [6, 6.07) is 11.9. The first-order valence-electron chi connectivity index (χ1n) is 9.30. The van der Waals surface area contributed by atoms with Gasteiger partial charge >= 0.3 is 6.09 Å². The van der Waals surface area contributed by atoms with Gasteiger partial charge in [-0.1, -0.05) is 35.8 Å². The Kier molecular flexibility index (Phi) is 6.79. The zero-order valence-electron chi connectivity index (χ0n) is 16.5. The fraction of sp³-hybridized carbons (Fsp3) is 0.300. The summed E-state index contributed by atoms with van der Waals surface area (Å²) >= 11 is 3.27. The number of hydrogen-bond acceptors (Lipinski definition) is 5. The lowest BCUT2D eigenvalue weighted by Crippen LogP contribution is -2.47. The lowest BCUT2D eigenvalue weighted by atomic mass is 10.0. The quantitative estimate of drug-likeness (QED) is 0.612. The molecule has 1 aliphatic heterocycles. The normalized spacial score (nSPS) is 15.2. The summed E-state index contributed by atoms with van der Waals surface area (Å²) in [5.41, 5.74) is 1.04. The van der Waals surface area contributed by atoms with Crippen LogP contribution in [0, 0.1) is 5.92 Å². The summed E-state index contributed by atoms with van der Waals surface area (Å²) < 4.78 is 33.6. The number of nitrogens with one attached hydrogen (secondary N) is 2. The number of halogens is 1. The predicted octanol–water partition coefficient (Wildman–Crippen LogP) is 3.35. The molecule has 1 saturated heterocycles. The van der Waals surface area contributed by atoms with Crippen LogP contribution in [0.5, 0.6) is 0 Å². The van der Waals surface area contributed by atoms with Crippen molar-refractivity contribution in [2.24, 2.45) is 5.92 Å². The maximum absolute atomic E-state index is 12.9.